The summed E-state index contributed by atoms with van der Waals surface area (Å²) in [5.74, 6) is -4.16. The molecule has 96 valence electrons. The summed E-state index contributed by atoms with van der Waals surface area (Å²) in [6.07, 6.45) is 2.15. The summed E-state index contributed by atoms with van der Waals surface area (Å²) < 4.78 is 0. The molecule has 2 saturated carbocycles. The SMILES string of the molecule is NC(=O)[C@]12C(=O)NC(=O)[C@]1(C(=O)O)C21CCCC1. The van der Waals surface area contributed by atoms with Crippen LogP contribution in [0.1, 0.15) is 25.7 Å². The van der Waals surface area contributed by atoms with Gasteiger partial charge >= 0.3 is 5.97 Å². The van der Waals surface area contributed by atoms with Crippen LogP contribution in [0, 0.1) is 16.2 Å². The van der Waals surface area contributed by atoms with Crippen LogP contribution < -0.4 is 11.1 Å². The lowest BCUT2D eigenvalue weighted by molar-refractivity contribution is -0.151. The fourth-order valence-corrected chi connectivity index (χ4v) is 4.48. The van der Waals surface area contributed by atoms with Crippen LogP contribution in [-0.4, -0.2) is 28.8 Å². The molecule has 3 rings (SSSR count). The lowest BCUT2D eigenvalue weighted by Gasteiger charge is -2.18. The zero-order chi connectivity index (χ0) is 13.3. The van der Waals surface area contributed by atoms with Crippen molar-refractivity contribution in [3.8, 4) is 0 Å². The molecule has 3 amide bonds. The molecule has 1 spiro atoms. The first-order chi connectivity index (χ1) is 8.39. The van der Waals surface area contributed by atoms with E-state index in [1.54, 1.807) is 0 Å². The number of carbonyl (C=O) groups excluding carboxylic acids is 3. The minimum absolute atomic E-state index is 0.376. The first-order valence-corrected chi connectivity index (χ1v) is 5.79. The number of aliphatic carboxylic acids is 1. The number of rotatable bonds is 2. The van der Waals surface area contributed by atoms with E-state index in [9.17, 15) is 24.3 Å². The van der Waals surface area contributed by atoms with Gasteiger partial charge in [0.1, 0.15) is 0 Å². The normalized spacial score (nSPS) is 39.6. The smallest absolute Gasteiger partial charge is 0.321 e. The fraction of sp³-hybridized carbons (Fsp3) is 0.636. The molecule has 18 heavy (non-hydrogen) atoms. The lowest BCUT2D eigenvalue weighted by Crippen LogP contribution is -2.42. The molecule has 0 aromatic carbocycles. The zero-order valence-electron chi connectivity index (χ0n) is 9.49. The molecule has 1 aliphatic heterocycles. The van der Waals surface area contributed by atoms with E-state index in [0.29, 0.717) is 25.7 Å². The highest BCUT2D eigenvalue weighted by Gasteiger charge is 3.02. The van der Waals surface area contributed by atoms with Crippen LogP contribution >= 0.6 is 0 Å². The third kappa shape index (κ3) is 0.667. The van der Waals surface area contributed by atoms with Gasteiger partial charge in [0.25, 0.3) is 0 Å². The molecule has 0 bridgehead atoms. The molecule has 0 aromatic rings. The Labute approximate surface area is 102 Å². The molecule has 3 fully saturated rings. The monoisotopic (exact) mass is 252 g/mol. The maximum absolute atomic E-state index is 12.0. The van der Waals surface area contributed by atoms with Crippen LogP contribution in [0.5, 0.6) is 0 Å². The van der Waals surface area contributed by atoms with Crippen LogP contribution in [0.15, 0.2) is 0 Å². The van der Waals surface area contributed by atoms with Gasteiger partial charge in [-0.25, -0.2) is 0 Å². The summed E-state index contributed by atoms with van der Waals surface area (Å²) in [6.45, 7) is 0. The quantitative estimate of drug-likeness (QED) is 0.418. The van der Waals surface area contributed by atoms with Crippen LogP contribution in [-0.2, 0) is 19.2 Å². The molecule has 3 aliphatic rings. The third-order valence-corrected chi connectivity index (χ3v) is 4.99. The highest BCUT2D eigenvalue weighted by atomic mass is 16.4. The number of fused-ring (bicyclic) bond motifs is 3. The molecule has 2 aliphatic carbocycles. The van der Waals surface area contributed by atoms with Crippen molar-refractivity contribution in [2.45, 2.75) is 25.7 Å². The summed E-state index contributed by atoms with van der Waals surface area (Å²) in [4.78, 5) is 47.2. The summed E-state index contributed by atoms with van der Waals surface area (Å²) in [5.41, 5.74) is 0.340. The molecule has 0 aromatic heterocycles. The van der Waals surface area contributed by atoms with E-state index in [2.05, 4.69) is 0 Å². The first-order valence-electron chi connectivity index (χ1n) is 5.79. The first kappa shape index (κ1) is 11.2. The van der Waals surface area contributed by atoms with E-state index in [1.165, 1.54) is 0 Å². The second-order valence-electron chi connectivity index (χ2n) is 5.24. The van der Waals surface area contributed by atoms with E-state index in [0.717, 1.165) is 0 Å². The number of primary amides is 1. The second kappa shape index (κ2) is 2.73. The van der Waals surface area contributed by atoms with E-state index in [1.807, 2.05) is 5.32 Å². The number of amides is 3. The highest BCUT2D eigenvalue weighted by molar-refractivity contribution is 6.33. The van der Waals surface area contributed by atoms with Gasteiger partial charge in [0.2, 0.25) is 17.7 Å². The zero-order valence-corrected chi connectivity index (χ0v) is 9.49. The minimum Gasteiger partial charge on any atom is -0.480 e. The summed E-state index contributed by atoms with van der Waals surface area (Å²) in [5, 5.41) is 11.4. The Morgan fingerprint density at radius 2 is 1.61 bits per heavy atom. The van der Waals surface area contributed by atoms with Gasteiger partial charge in [-0.2, -0.15) is 0 Å². The average molecular weight is 252 g/mol. The predicted octanol–water partition coefficient (Wildman–Crippen LogP) is -1.24. The molecule has 7 nitrogen and oxygen atoms in total. The van der Waals surface area contributed by atoms with Crippen molar-refractivity contribution in [3.63, 3.8) is 0 Å². The fourth-order valence-electron chi connectivity index (χ4n) is 4.48. The molecular weight excluding hydrogens is 240 g/mol. The van der Waals surface area contributed by atoms with Gasteiger partial charge in [0.05, 0.1) is 0 Å². The number of piperidine rings is 1. The van der Waals surface area contributed by atoms with Crippen molar-refractivity contribution >= 4 is 23.7 Å². The Bertz CT molecular complexity index is 482. The summed E-state index contributed by atoms with van der Waals surface area (Å²) in [7, 11) is 0. The second-order valence-corrected chi connectivity index (χ2v) is 5.24. The molecule has 1 saturated heterocycles. The van der Waals surface area contributed by atoms with Gasteiger partial charge in [0, 0.05) is 5.41 Å². The van der Waals surface area contributed by atoms with E-state index in [-0.39, 0.29) is 0 Å². The molecule has 4 N–H and O–H groups in total. The summed E-state index contributed by atoms with van der Waals surface area (Å²) >= 11 is 0. The van der Waals surface area contributed by atoms with Crippen LogP contribution in [0.4, 0.5) is 0 Å². The Morgan fingerprint density at radius 1 is 1.11 bits per heavy atom. The standard InChI is InChI=1S/C11H12N2O5/c12-5(14)10-6(15)13-7(16)11(10,8(17)18)9(10)3-1-2-4-9/h1-4H2,(H2,12,14)(H,17,18)(H,13,15,16)/t10-,11+/m1/s1. The van der Waals surface area contributed by atoms with Crippen molar-refractivity contribution in [1.82, 2.24) is 5.32 Å². The van der Waals surface area contributed by atoms with Gasteiger partial charge in [-0.3, -0.25) is 24.5 Å². The van der Waals surface area contributed by atoms with Gasteiger partial charge in [0.15, 0.2) is 10.8 Å². The predicted molar refractivity (Wildman–Crippen MR) is 55.7 cm³/mol. The van der Waals surface area contributed by atoms with Crippen LogP contribution in [0.2, 0.25) is 0 Å². The van der Waals surface area contributed by atoms with Gasteiger partial charge < -0.3 is 10.8 Å². The van der Waals surface area contributed by atoms with Crippen molar-refractivity contribution in [3.05, 3.63) is 0 Å². The van der Waals surface area contributed by atoms with Gasteiger partial charge in [-0.15, -0.1) is 0 Å². The lowest BCUT2D eigenvalue weighted by atomic mass is 9.88. The maximum atomic E-state index is 12.0. The van der Waals surface area contributed by atoms with Gasteiger partial charge in [-0.1, -0.05) is 12.8 Å². The molecule has 7 heteroatoms. The van der Waals surface area contributed by atoms with E-state index in [4.69, 9.17) is 5.73 Å². The average Bonchev–Trinajstić information content (AvgIpc) is 2.52. The van der Waals surface area contributed by atoms with Crippen LogP contribution in [0.25, 0.3) is 0 Å². The third-order valence-electron chi connectivity index (χ3n) is 4.99. The Morgan fingerprint density at radius 3 is 2.00 bits per heavy atom. The molecule has 2 atom stereocenters. The number of nitrogens with one attached hydrogen (secondary N) is 1. The molecule has 0 unspecified atom stereocenters. The van der Waals surface area contributed by atoms with Gasteiger partial charge in [-0.05, 0) is 12.8 Å². The number of carboxylic acid groups (broad SMARTS) is 1. The van der Waals surface area contributed by atoms with E-state index < -0.39 is 39.9 Å². The van der Waals surface area contributed by atoms with E-state index >= 15 is 0 Å². The van der Waals surface area contributed by atoms with Crippen molar-refractivity contribution in [2.75, 3.05) is 0 Å². The number of hydrogen-bond acceptors (Lipinski definition) is 4. The van der Waals surface area contributed by atoms with Crippen molar-refractivity contribution in [1.29, 1.82) is 0 Å². The van der Waals surface area contributed by atoms with Crippen molar-refractivity contribution in [2.24, 2.45) is 22.0 Å². The number of nitrogens with two attached hydrogens (primary N) is 1. The highest BCUT2D eigenvalue weighted by Crippen LogP contribution is 2.85. The Balaban J connectivity index is 2.30. The Hall–Kier alpha value is -1.92. The molecule has 1 heterocycles. The van der Waals surface area contributed by atoms with Crippen LogP contribution in [0.3, 0.4) is 0 Å². The number of hydrogen-bond donors (Lipinski definition) is 3. The Kier molecular flexibility index (Phi) is 1.70. The van der Waals surface area contributed by atoms with Crippen molar-refractivity contribution < 1.29 is 24.3 Å². The topological polar surface area (TPSA) is 127 Å². The largest absolute Gasteiger partial charge is 0.480 e. The minimum atomic E-state index is -1.97. The molecule has 0 radical (unpaired) electrons. The number of carbonyl (C=O) groups is 4. The molecular formula is C11H12N2O5. The maximum Gasteiger partial charge on any atom is 0.321 e. The number of imide groups is 1. The summed E-state index contributed by atoms with van der Waals surface area (Å²) in [6, 6.07) is 0. The number of carboxylic acids is 1.